The van der Waals surface area contributed by atoms with Gasteiger partial charge in [-0.3, -0.25) is 0 Å². The smallest absolute Gasteiger partial charge is 0.180 e. The van der Waals surface area contributed by atoms with Crippen LogP contribution < -0.4 is 0 Å². The highest BCUT2D eigenvalue weighted by molar-refractivity contribution is 6.78. The van der Waals surface area contributed by atoms with E-state index in [0.29, 0.717) is 0 Å². The van der Waals surface area contributed by atoms with Gasteiger partial charge in [-0.1, -0.05) is 34.6 Å². The van der Waals surface area contributed by atoms with E-state index in [2.05, 4.69) is 20.8 Å². The molecule has 0 saturated heterocycles. The fraction of sp³-hybridized carbons (Fsp3) is 0.917. The molecule has 0 amide bonds. The van der Waals surface area contributed by atoms with Gasteiger partial charge in [-0.05, 0) is 31.0 Å². The summed E-state index contributed by atoms with van der Waals surface area (Å²) in [6.45, 7) is 12.6. The average Bonchev–Trinajstić information content (AvgIpc) is 2.20. The van der Waals surface area contributed by atoms with Crippen LogP contribution in [0.1, 0.15) is 41.5 Å². The van der Waals surface area contributed by atoms with Gasteiger partial charge in [0.15, 0.2) is 8.24 Å². The van der Waals surface area contributed by atoms with E-state index in [-0.39, 0.29) is 5.92 Å². The Labute approximate surface area is 95.9 Å². The molecule has 3 heteroatoms. The molecule has 15 heavy (non-hydrogen) atoms. The molecule has 1 atom stereocenters. The van der Waals surface area contributed by atoms with Gasteiger partial charge in [0.1, 0.15) is 0 Å². The summed E-state index contributed by atoms with van der Waals surface area (Å²) in [7, 11) is -1.46. The highest BCUT2D eigenvalue weighted by atomic mass is 28.3. The van der Waals surface area contributed by atoms with E-state index < -0.39 is 13.8 Å². The maximum atomic E-state index is 10.1. The van der Waals surface area contributed by atoms with Crippen LogP contribution >= 0.6 is 0 Å². The molecule has 0 aromatic heterocycles. The van der Waals surface area contributed by atoms with Crippen LogP contribution in [-0.4, -0.2) is 25.2 Å². The monoisotopic (exact) mass is 229 g/mol. The van der Waals surface area contributed by atoms with Gasteiger partial charge < -0.3 is 9.76 Å². The lowest BCUT2D eigenvalue weighted by atomic mass is 9.94. The molecule has 0 fully saturated rings. The van der Waals surface area contributed by atoms with Crippen molar-refractivity contribution in [3.63, 3.8) is 0 Å². The van der Waals surface area contributed by atoms with Crippen molar-refractivity contribution in [1.82, 2.24) is 0 Å². The summed E-state index contributed by atoms with van der Waals surface area (Å²) in [4.78, 5) is 0. The summed E-state index contributed by atoms with van der Waals surface area (Å²) < 4.78 is 4.77. The van der Waals surface area contributed by atoms with E-state index in [9.17, 15) is 5.11 Å². The molecule has 90 valence electrons. The predicted octanol–water partition coefficient (Wildman–Crippen LogP) is 3.47. The van der Waals surface area contributed by atoms with Crippen molar-refractivity contribution < 1.29 is 5.11 Å². The number of hydrogen-bond acceptors (Lipinski definition) is 2. The third-order valence-corrected chi connectivity index (χ3v) is 8.37. The second-order valence-electron chi connectivity index (χ2n) is 4.92. The summed E-state index contributed by atoms with van der Waals surface area (Å²) in [5.74, 6) is 0.221. The minimum Gasteiger partial charge on any atom is -0.384 e. The Morgan fingerprint density at radius 2 is 1.60 bits per heavy atom. The molecule has 0 aliphatic carbocycles. The second kappa shape index (κ2) is 5.80. The second-order valence-corrected chi connectivity index (χ2v) is 9.75. The van der Waals surface area contributed by atoms with Crippen LogP contribution in [0.4, 0.5) is 0 Å². The Balaban J connectivity index is 4.74. The first-order valence-corrected chi connectivity index (χ1v) is 8.69. The van der Waals surface area contributed by atoms with Crippen molar-refractivity contribution in [1.29, 1.82) is 0 Å². The first-order chi connectivity index (χ1) is 6.83. The van der Waals surface area contributed by atoms with Gasteiger partial charge in [-0.2, -0.15) is 0 Å². The number of nitrogens with zero attached hydrogens (tertiary/aromatic N) is 1. The predicted molar refractivity (Wildman–Crippen MR) is 71.2 cm³/mol. The van der Waals surface area contributed by atoms with Crippen LogP contribution in [0.3, 0.4) is 0 Å². The molecule has 0 heterocycles. The van der Waals surface area contributed by atoms with E-state index in [1.165, 1.54) is 18.1 Å². The summed E-state index contributed by atoms with van der Waals surface area (Å²) in [5.41, 5.74) is -0.752. The quantitative estimate of drug-likeness (QED) is 0.549. The largest absolute Gasteiger partial charge is 0.384 e. The van der Waals surface area contributed by atoms with E-state index >= 15 is 0 Å². The standard InChI is InChI=1S/C12H27NOSi/c1-7-15(8-2,9-3)13-10-12(6,14)11(4)5/h10-11,14H,7-9H2,1-6H3. The lowest BCUT2D eigenvalue weighted by molar-refractivity contribution is 0.0881. The van der Waals surface area contributed by atoms with Crippen molar-refractivity contribution in [2.24, 2.45) is 10.6 Å². The van der Waals surface area contributed by atoms with Crippen molar-refractivity contribution in [3.8, 4) is 0 Å². The van der Waals surface area contributed by atoms with E-state index in [4.69, 9.17) is 4.66 Å². The SMILES string of the molecule is CC[Si](CC)(CC)N=CC(C)(O)C(C)C. The Morgan fingerprint density at radius 1 is 1.20 bits per heavy atom. The molecule has 0 rings (SSSR count). The molecule has 0 aliphatic rings. The molecular formula is C12H27NOSi. The Hall–Kier alpha value is -0.153. The van der Waals surface area contributed by atoms with Crippen molar-refractivity contribution >= 4 is 14.5 Å². The molecule has 2 nitrogen and oxygen atoms in total. The van der Waals surface area contributed by atoms with Crippen LogP contribution in [0, 0.1) is 5.92 Å². The first kappa shape index (κ1) is 14.8. The minimum atomic E-state index is -1.46. The molecule has 0 aliphatic heterocycles. The molecule has 0 saturated carbocycles. The fourth-order valence-corrected chi connectivity index (χ4v) is 4.02. The zero-order valence-corrected chi connectivity index (χ0v) is 12.2. The van der Waals surface area contributed by atoms with Crippen LogP contribution in [-0.2, 0) is 0 Å². The van der Waals surface area contributed by atoms with Crippen molar-refractivity contribution in [2.75, 3.05) is 0 Å². The highest BCUT2D eigenvalue weighted by Gasteiger charge is 2.29. The zero-order chi connectivity index (χ0) is 12.1. The summed E-state index contributed by atoms with van der Waals surface area (Å²) >= 11 is 0. The van der Waals surface area contributed by atoms with Crippen LogP contribution in [0.25, 0.3) is 0 Å². The van der Waals surface area contributed by atoms with Gasteiger partial charge in [0.25, 0.3) is 0 Å². The molecule has 0 bridgehead atoms. The van der Waals surface area contributed by atoms with Crippen LogP contribution in [0.2, 0.25) is 18.1 Å². The maximum Gasteiger partial charge on any atom is 0.180 e. The normalized spacial score (nSPS) is 17.3. The lowest BCUT2D eigenvalue weighted by Gasteiger charge is -2.27. The third-order valence-electron chi connectivity index (χ3n) is 3.74. The zero-order valence-electron chi connectivity index (χ0n) is 11.2. The maximum absolute atomic E-state index is 10.1. The average molecular weight is 229 g/mol. The van der Waals surface area contributed by atoms with Gasteiger partial charge in [0, 0.05) is 6.21 Å². The van der Waals surface area contributed by atoms with Crippen molar-refractivity contribution in [2.45, 2.75) is 65.3 Å². The molecule has 0 spiro atoms. The molecule has 1 N–H and O–H groups in total. The molecule has 0 radical (unpaired) electrons. The van der Waals surface area contributed by atoms with Gasteiger partial charge in [-0.15, -0.1) is 0 Å². The van der Waals surface area contributed by atoms with Crippen LogP contribution in [0.5, 0.6) is 0 Å². The van der Waals surface area contributed by atoms with Gasteiger partial charge >= 0.3 is 0 Å². The minimum absolute atomic E-state index is 0.221. The Kier molecular flexibility index (Phi) is 5.74. The molecular weight excluding hydrogens is 202 g/mol. The Morgan fingerprint density at radius 3 is 1.87 bits per heavy atom. The van der Waals surface area contributed by atoms with Gasteiger partial charge in [0.05, 0.1) is 5.60 Å². The van der Waals surface area contributed by atoms with E-state index in [0.717, 1.165) is 0 Å². The lowest BCUT2D eigenvalue weighted by Crippen LogP contribution is -2.37. The number of rotatable bonds is 6. The molecule has 1 unspecified atom stereocenters. The summed E-state index contributed by atoms with van der Waals surface area (Å²) in [6, 6.07) is 3.51. The first-order valence-electron chi connectivity index (χ1n) is 6.12. The van der Waals surface area contributed by atoms with Gasteiger partial charge in [-0.25, -0.2) is 0 Å². The molecule has 0 aromatic rings. The number of aliphatic hydroxyl groups is 1. The Bertz CT molecular complexity index is 199. The van der Waals surface area contributed by atoms with Crippen LogP contribution in [0.15, 0.2) is 4.66 Å². The summed E-state index contributed by atoms with van der Waals surface area (Å²) in [5, 5.41) is 10.1. The van der Waals surface area contributed by atoms with Crippen molar-refractivity contribution in [3.05, 3.63) is 0 Å². The van der Waals surface area contributed by atoms with Gasteiger partial charge in [0.2, 0.25) is 0 Å². The summed E-state index contributed by atoms with van der Waals surface area (Å²) in [6.07, 6.45) is 1.81. The number of hydrogen-bond donors (Lipinski definition) is 1. The molecule has 0 aromatic carbocycles. The third kappa shape index (κ3) is 4.07. The topological polar surface area (TPSA) is 32.6 Å². The van der Waals surface area contributed by atoms with E-state index in [1.807, 2.05) is 20.8 Å². The van der Waals surface area contributed by atoms with E-state index in [1.54, 1.807) is 6.21 Å². The fourth-order valence-electron chi connectivity index (χ4n) is 1.44. The highest BCUT2D eigenvalue weighted by Crippen LogP contribution is 2.23.